The van der Waals surface area contributed by atoms with E-state index in [1.165, 1.54) is 12.8 Å². The van der Waals surface area contributed by atoms with Gasteiger partial charge in [-0.25, -0.2) is 9.97 Å². The van der Waals surface area contributed by atoms with E-state index in [0.29, 0.717) is 0 Å². The van der Waals surface area contributed by atoms with E-state index in [1.54, 1.807) is 13.1 Å². The Morgan fingerprint density at radius 3 is 2.57 bits per heavy atom. The lowest BCUT2D eigenvalue weighted by Gasteiger charge is -2.11. The fraction of sp³-hybridized carbons (Fsp3) is 0.636. The quantitative estimate of drug-likeness (QED) is 0.778. The molecule has 0 amide bonds. The lowest BCUT2D eigenvalue weighted by molar-refractivity contribution is 0.197. The molecule has 3 nitrogen and oxygen atoms in total. The first-order valence-corrected chi connectivity index (χ1v) is 5.05. The van der Waals surface area contributed by atoms with Crippen molar-refractivity contribution in [1.29, 1.82) is 0 Å². The highest BCUT2D eigenvalue weighted by atomic mass is 16.3. The molecule has 0 radical (unpaired) electrons. The van der Waals surface area contributed by atoms with Gasteiger partial charge in [-0.3, -0.25) is 0 Å². The molecule has 3 heteroatoms. The number of hydrogen-bond donors (Lipinski definition) is 1. The first-order chi connectivity index (χ1) is 6.53. The maximum atomic E-state index is 9.43. The number of aromatic nitrogens is 2. The summed E-state index contributed by atoms with van der Waals surface area (Å²) < 4.78 is 0. The molecule has 1 saturated carbocycles. The van der Waals surface area contributed by atoms with Crippen molar-refractivity contribution in [3.63, 3.8) is 0 Å². The average molecular weight is 192 g/mol. The van der Waals surface area contributed by atoms with Crippen LogP contribution in [-0.4, -0.2) is 15.1 Å². The van der Waals surface area contributed by atoms with Crippen LogP contribution in [0.1, 0.15) is 49.9 Å². The monoisotopic (exact) mass is 192 g/mol. The van der Waals surface area contributed by atoms with Crippen molar-refractivity contribution in [3.05, 3.63) is 23.3 Å². The average Bonchev–Trinajstić information content (AvgIpc) is 2.84. The van der Waals surface area contributed by atoms with Crippen LogP contribution in [0.2, 0.25) is 0 Å². The van der Waals surface area contributed by atoms with Crippen molar-refractivity contribution in [1.82, 2.24) is 9.97 Å². The van der Waals surface area contributed by atoms with Crippen LogP contribution in [-0.2, 0) is 5.41 Å². The minimum absolute atomic E-state index is 0.210. The minimum atomic E-state index is -0.476. The predicted molar refractivity (Wildman–Crippen MR) is 54.0 cm³/mol. The van der Waals surface area contributed by atoms with Gasteiger partial charge in [0.25, 0.3) is 0 Å². The van der Waals surface area contributed by atoms with Gasteiger partial charge in [0, 0.05) is 22.9 Å². The fourth-order valence-corrected chi connectivity index (χ4v) is 1.59. The van der Waals surface area contributed by atoms with Gasteiger partial charge in [-0.05, 0) is 26.7 Å². The van der Waals surface area contributed by atoms with E-state index < -0.39 is 6.10 Å². The second kappa shape index (κ2) is 3.02. The van der Waals surface area contributed by atoms with Gasteiger partial charge in [0.2, 0.25) is 0 Å². The zero-order valence-electron chi connectivity index (χ0n) is 8.91. The van der Waals surface area contributed by atoms with E-state index in [1.807, 2.05) is 6.92 Å². The molecule has 0 bridgehead atoms. The molecular weight excluding hydrogens is 176 g/mol. The van der Waals surface area contributed by atoms with Crippen molar-refractivity contribution in [3.8, 4) is 0 Å². The van der Waals surface area contributed by atoms with Crippen molar-refractivity contribution < 1.29 is 5.11 Å². The first kappa shape index (κ1) is 9.59. The third-order valence-corrected chi connectivity index (χ3v) is 3.01. The van der Waals surface area contributed by atoms with E-state index >= 15 is 0 Å². The van der Waals surface area contributed by atoms with Gasteiger partial charge in [0.1, 0.15) is 5.82 Å². The molecular formula is C11H16N2O. The van der Waals surface area contributed by atoms with Crippen LogP contribution in [0.15, 0.2) is 6.20 Å². The topological polar surface area (TPSA) is 46.0 Å². The third-order valence-electron chi connectivity index (χ3n) is 3.01. The Morgan fingerprint density at radius 1 is 1.50 bits per heavy atom. The van der Waals surface area contributed by atoms with Crippen molar-refractivity contribution >= 4 is 0 Å². The Bertz CT molecular complexity index is 356. The Hall–Kier alpha value is -0.960. The molecule has 1 heterocycles. The van der Waals surface area contributed by atoms with Gasteiger partial charge in [0.05, 0.1) is 6.10 Å². The van der Waals surface area contributed by atoms with Crippen molar-refractivity contribution in [2.24, 2.45) is 0 Å². The third kappa shape index (κ3) is 1.52. The van der Waals surface area contributed by atoms with Gasteiger partial charge >= 0.3 is 0 Å². The number of hydrogen-bond acceptors (Lipinski definition) is 3. The van der Waals surface area contributed by atoms with Crippen LogP contribution >= 0.6 is 0 Å². The Morgan fingerprint density at radius 2 is 2.14 bits per heavy atom. The van der Waals surface area contributed by atoms with E-state index in [0.717, 1.165) is 17.1 Å². The molecule has 1 aliphatic rings. The molecule has 1 aromatic heterocycles. The molecule has 1 aromatic rings. The molecule has 0 aliphatic heterocycles. The lowest BCUT2D eigenvalue weighted by atomic mass is 10.1. The molecule has 1 aliphatic carbocycles. The highest BCUT2D eigenvalue weighted by molar-refractivity contribution is 5.23. The number of nitrogens with zero attached hydrogens (tertiary/aromatic N) is 2. The van der Waals surface area contributed by atoms with Crippen LogP contribution in [0, 0.1) is 6.92 Å². The summed E-state index contributed by atoms with van der Waals surface area (Å²) in [5.41, 5.74) is 1.94. The SMILES string of the molecule is Cc1nc(C2(C)CC2)ncc1[C@@H](C)O. The number of aliphatic hydroxyl groups excluding tert-OH is 1. The molecule has 14 heavy (non-hydrogen) atoms. The molecule has 2 rings (SSSR count). The summed E-state index contributed by atoms with van der Waals surface area (Å²) in [5, 5.41) is 9.43. The highest BCUT2D eigenvalue weighted by Crippen LogP contribution is 2.45. The van der Waals surface area contributed by atoms with E-state index in [-0.39, 0.29) is 5.41 Å². The number of aryl methyl sites for hydroxylation is 1. The van der Waals surface area contributed by atoms with Crippen LogP contribution in [0.4, 0.5) is 0 Å². The Kier molecular flexibility index (Phi) is 2.07. The maximum Gasteiger partial charge on any atom is 0.134 e. The summed E-state index contributed by atoms with van der Waals surface area (Å²) in [4.78, 5) is 8.78. The predicted octanol–water partition coefficient (Wildman–Crippen LogP) is 1.89. The molecule has 0 unspecified atom stereocenters. The molecule has 1 fully saturated rings. The fourth-order valence-electron chi connectivity index (χ4n) is 1.59. The Balaban J connectivity index is 2.36. The molecule has 1 N–H and O–H groups in total. The van der Waals surface area contributed by atoms with E-state index in [9.17, 15) is 5.11 Å². The highest BCUT2D eigenvalue weighted by Gasteiger charge is 2.42. The largest absolute Gasteiger partial charge is 0.389 e. The second-order valence-electron chi connectivity index (χ2n) is 4.47. The normalized spacial score (nSPS) is 20.6. The van der Waals surface area contributed by atoms with Gasteiger partial charge in [-0.1, -0.05) is 6.92 Å². The minimum Gasteiger partial charge on any atom is -0.389 e. The lowest BCUT2D eigenvalue weighted by Crippen LogP contribution is -2.10. The van der Waals surface area contributed by atoms with Crippen molar-refractivity contribution in [2.45, 2.75) is 45.1 Å². The van der Waals surface area contributed by atoms with Crippen LogP contribution in [0.25, 0.3) is 0 Å². The van der Waals surface area contributed by atoms with Crippen LogP contribution in [0.5, 0.6) is 0 Å². The maximum absolute atomic E-state index is 9.43. The summed E-state index contributed by atoms with van der Waals surface area (Å²) in [6, 6.07) is 0. The molecule has 0 saturated heterocycles. The summed E-state index contributed by atoms with van der Waals surface area (Å²) in [6.45, 7) is 5.85. The van der Waals surface area contributed by atoms with Gasteiger partial charge in [-0.15, -0.1) is 0 Å². The van der Waals surface area contributed by atoms with Gasteiger partial charge in [-0.2, -0.15) is 0 Å². The summed E-state index contributed by atoms with van der Waals surface area (Å²) >= 11 is 0. The summed E-state index contributed by atoms with van der Waals surface area (Å²) in [7, 11) is 0. The van der Waals surface area contributed by atoms with Crippen LogP contribution < -0.4 is 0 Å². The molecule has 0 spiro atoms. The first-order valence-electron chi connectivity index (χ1n) is 5.05. The molecule has 76 valence electrons. The standard InChI is InChI=1S/C11H16N2O/c1-7-9(8(2)14)6-12-10(13-7)11(3)4-5-11/h6,8,14H,4-5H2,1-3H3/t8-/m1/s1. The Labute approximate surface area is 84.2 Å². The number of aliphatic hydroxyl groups is 1. The smallest absolute Gasteiger partial charge is 0.134 e. The van der Waals surface area contributed by atoms with Gasteiger partial charge < -0.3 is 5.11 Å². The summed E-state index contributed by atoms with van der Waals surface area (Å²) in [6.07, 6.45) is 3.64. The zero-order chi connectivity index (χ0) is 10.3. The van der Waals surface area contributed by atoms with E-state index in [2.05, 4.69) is 16.9 Å². The van der Waals surface area contributed by atoms with E-state index in [4.69, 9.17) is 0 Å². The van der Waals surface area contributed by atoms with Crippen LogP contribution in [0.3, 0.4) is 0 Å². The molecule has 0 aromatic carbocycles. The summed E-state index contributed by atoms with van der Waals surface area (Å²) in [5.74, 6) is 0.930. The zero-order valence-corrected chi connectivity index (χ0v) is 8.91. The van der Waals surface area contributed by atoms with Crippen molar-refractivity contribution in [2.75, 3.05) is 0 Å². The molecule has 1 atom stereocenters. The number of rotatable bonds is 2. The second-order valence-corrected chi connectivity index (χ2v) is 4.47. The van der Waals surface area contributed by atoms with Gasteiger partial charge in [0.15, 0.2) is 0 Å².